The Kier molecular flexibility index (Phi) is 49.4. The van der Waals surface area contributed by atoms with E-state index < -0.39 is 0 Å². The Morgan fingerprint density at radius 1 is 1.19 bits per heavy atom. The standard InChI is InChI=1S/C7H17S.C3H7.H2O3S.Y/c1-4-7-8(5-2)6-3;1-3-2;1-2-3-4;/h4-7H2,1-3H3;1,3H2,2H3;1,4H;/q+1;-1;;/p-2. The molecule has 16 heavy (non-hydrogen) atoms. The molecule has 6 heteroatoms. The van der Waals surface area contributed by atoms with Gasteiger partial charge in [0.25, 0.3) is 0 Å². The first-order valence-corrected chi connectivity index (χ1v) is 7.26. The van der Waals surface area contributed by atoms with Crippen LogP contribution in [-0.4, -0.2) is 17.3 Å². The molecule has 0 N–H and O–H groups in total. The van der Waals surface area contributed by atoms with Crippen LogP contribution >= 0.6 is 0 Å². The number of hydrogen-bond donors (Lipinski definition) is 0. The van der Waals surface area contributed by atoms with Gasteiger partial charge in [0.2, 0.25) is 0 Å². The second-order valence-electron chi connectivity index (χ2n) is 2.53. The molecule has 0 unspecified atom stereocenters. The molecule has 0 spiro atoms. The molecule has 0 aliphatic rings. The number of hydrogen-bond acceptors (Lipinski definition) is 4. The van der Waals surface area contributed by atoms with Gasteiger partial charge in [-0.3, -0.25) is 0 Å². The Morgan fingerprint density at radius 3 is 1.56 bits per heavy atom. The maximum atomic E-state index is 8.47. The first-order valence-electron chi connectivity index (χ1n) is 5.19. The van der Waals surface area contributed by atoms with Crippen molar-refractivity contribution >= 4 is 23.8 Å². The van der Waals surface area contributed by atoms with Crippen molar-refractivity contribution in [3.63, 3.8) is 0 Å². The Hall–Kier alpha value is 1.68. The predicted molar refractivity (Wildman–Crippen MR) is 68.8 cm³/mol. The molecule has 1 radical (unpaired) electrons. The van der Waals surface area contributed by atoms with Crippen LogP contribution in [0.3, 0.4) is 0 Å². The first kappa shape index (κ1) is 26.3. The summed E-state index contributed by atoms with van der Waals surface area (Å²) in [6, 6.07) is 0. The quantitative estimate of drug-likeness (QED) is 0.251. The smallest absolute Gasteiger partial charge is 0.107 e. The van der Waals surface area contributed by atoms with E-state index in [-0.39, 0.29) is 32.7 Å². The fraction of sp³-hybridized carbons (Fsp3) is 0.900. The molecule has 0 saturated carbocycles. The van der Waals surface area contributed by atoms with Crippen LogP contribution in [0.5, 0.6) is 0 Å². The third-order valence-electron chi connectivity index (χ3n) is 1.34. The van der Waals surface area contributed by atoms with Crippen molar-refractivity contribution in [2.75, 3.05) is 17.3 Å². The second-order valence-corrected chi connectivity index (χ2v) is 5.45. The monoisotopic (exact) mass is 345 g/mol. The fourth-order valence-corrected chi connectivity index (χ4v) is 2.34. The summed E-state index contributed by atoms with van der Waals surface area (Å²) in [5, 5.41) is 11.1. The SMILES string of the molecule is CCC[S+](CC)CC.[CH2-]CC.[O-]OO[S-].[Y]. The minimum Gasteiger partial charge on any atom is -0.694 e. The zero-order valence-corrected chi connectivity index (χ0v) is 15.3. The van der Waals surface area contributed by atoms with Crippen molar-refractivity contribution < 1.29 is 47.3 Å². The molecule has 0 aliphatic carbocycles. The normalized spacial score (nSPS) is 8.25. The third-order valence-corrected chi connectivity index (χ3v) is 4.01. The van der Waals surface area contributed by atoms with E-state index in [2.05, 4.69) is 50.0 Å². The summed E-state index contributed by atoms with van der Waals surface area (Å²) in [4.78, 5) is 0. The van der Waals surface area contributed by atoms with Crippen molar-refractivity contribution in [1.82, 2.24) is 0 Å². The van der Waals surface area contributed by atoms with Crippen molar-refractivity contribution in [3.8, 4) is 0 Å². The minimum atomic E-state index is 0. The molecular formula is C10H24O3S2Y-2. The molecule has 0 aliphatic heterocycles. The average Bonchev–Trinajstić information content (AvgIpc) is 2.27. The van der Waals surface area contributed by atoms with E-state index in [0.29, 0.717) is 0 Å². The molecule has 0 saturated heterocycles. The molecule has 0 aromatic carbocycles. The maximum absolute atomic E-state index is 8.47. The van der Waals surface area contributed by atoms with Crippen LogP contribution in [0, 0.1) is 6.92 Å². The second kappa shape index (κ2) is 30.1. The van der Waals surface area contributed by atoms with Gasteiger partial charge in [-0.2, -0.15) is 6.42 Å². The van der Waals surface area contributed by atoms with Crippen LogP contribution in [0.2, 0.25) is 0 Å². The van der Waals surface area contributed by atoms with E-state index in [9.17, 15) is 0 Å². The van der Waals surface area contributed by atoms with Gasteiger partial charge in [-0.05, 0) is 31.2 Å². The van der Waals surface area contributed by atoms with E-state index in [1.54, 1.807) is 0 Å². The van der Waals surface area contributed by atoms with E-state index in [1.165, 1.54) is 23.7 Å². The van der Waals surface area contributed by atoms with Gasteiger partial charge in [-0.15, -0.1) is 0 Å². The summed E-state index contributed by atoms with van der Waals surface area (Å²) in [6.45, 7) is 12.4. The van der Waals surface area contributed by atoms with Crippen LogP contribution in [0.15, 0.2) is 0 Å². The molecule has 0 heterocycles. The summed E-state index contributed by atoms with van der Waals surface area (Å²) in [5.74, 6) is 4.24. The zero-order valence-electron chi connectivity index (χ0n) is 10.9. The van der Waals surface area contributed by atoms with Gasteiger partial charge in [0.1, 0.15) is 17.3 Å². The van der Waals surface area contributed by atoms with E-state index in [0.717, 1.165) is 17.3 Å². The maximum Gasteiger partial charge on any atom is 0.107 e. The van der Waals surface area contributed by atoms with Gasteiger partial charge in [0.05, 0.1) is 0 Å². The zero-order chi connectivity index (χ0) is 12.5. The summed E-state index contributed by atoms with van der Waals surface area (Å²) in [5.41, 5.74) is 0. The third kappa shape index (κ3) is 36.1. The summed E-state index contributed by atoms with van der Waals surface area (Å²) in [6.07, 6.45) is 2.37. The van der Waals surface area contributed by atoms with Crippen molar-refractivity contribution in [2.24, 2.45) is 0 Å². The van der Waals surface area contributed by atoms with Crippen LogP contribution in [-0.2, 0) is 65.9 Å². The molecular weight excluding hydrogens is 321 g/mol. The predicted octanol–water partition coefficient (Wildman–Crippen LogP) is 1.95. The van der Waals surface area contributed by atoms with Gasteiger partial charge >= 0.3 is 0 Å². The summed E-state index contributed by atoms with van der Waals surface area (Å²) >= 11 is 3.52. The summed E-state index contributed by atoms with van der Waals surface area (Å²) < 4.78 is 3.07. The van der Waals surface area contributed by atoms with Gasteiger partial charge in [0, 0.05) is 32.7 Å². The molecule has 0 amide bonds. The molecule has 3 nitrogen and oxygen atoms in total. The van der Waals surface area contributed by atoms with Crippen LogP contribution in [0.1, 0.15) is 40.5 Å². The van der Waals surface area contributed by atoms with Gasteiger partial charge < -0.3 is 34.5 Å². The van der Waals surface area contributed by atoms with E-state index >= 15 is 0 Å². The van der Waals surface area contributed by atoms with Crippen molar-refractivity contribution in [1.29, 1.82) is 0 Å². The van der Waals surface area contributed by atoms with Gasteiger partial charge in [0.15, 0.2) is 0 Å². The molecule has 99 valence electrons. The topological polar surface area (TPSA) is 41.5 Å². The van der Waals surface area contributed by atoms with Crippen LogP contribution in [0.25, 0.3) is 0 Å². The van der Waals surface area contributed by atoms with Crippen molar-refractivity contribution in [2.45, 2.75) is 40.5 Å². The summed E-state index contributed by atoms with van der Waals surface area (Å²) in [7, 11) is 0.762. The van der Waals surface area contributed by atoms with Gasteiger partial charge in [-0.25, -0.2) is 0 Å². The van der Waals surface area contributed by atoms with Gasteiger partial charge in [-0.1, -0.05) is 13.8 Å². The fourth-order valence-electron chi connectivity index (χ4n) is 0.781. The largest absolute Gasteiger partial charge is 0.694 e. The molecule has 0 aromatic heterocycles. The first-order chi connectivity index (χ1) is 7.17. The molecule has 0 bridgehead atoms. The minimum absolute atomic E-state index is 0. The Labute approximate surface area is 135 Å². The number of rotatable bonds is 5. The average molecular weight is 345 g/mol. The molecule has 0 aromatic rings. The van der Waals surface area contributed by atoms with Crippen LogP contribution < -0.4 is 5.26 Å². The molecule has 0 fully saturated rings. The van der Waals surface area contributed by atoms with E-state index in [4.69, 9.17) is 5.26 Å². The van der Waals surface area contributed by atoms with E-state index in [1.807, 2.05) is 6.92 Å². The Morgan fingerprint density at radius 2 is 1.50 bits per heavy atom. The van der Waals surface area contributed by atoms with Crippen molar-refractivity contribution in [3.05, 3.63) is 6.92 Å². The molecule has 0 atom stereocenters. The molecule has 0 rings (SSSR count). The Balaban J connectivity index is -0.0000000767. The Bertz CT molecular complexity index is 84.5. The van der Waals surface area contributed by atoms with Crippen LogP contribution in [0.4, 0.5) is 0 Å².